The van der Waals surface area contributed by atoms with Crippen LogP contribution in [-0.2, 0) is 40.3 Å². The Hall–Kier alpha value is -6.42. The number of hydrogen-bond donors (Lipinski definition) is 2. The largest absolute Gasteiger partial charge is 0.344 e. The number of alkyl halides is 6. The van der Waals surface area contributed by atoms with Gasteiger partial charge in [-0.3, -0.25) is 28.2 Å². The highest BCUT2D eigenvalue weighted by Crippen LogP contribution is 2.68. The van der Waals surface area contributed by atoms with Gasteiger partial charge in [0.15, 0.2) is 5.82 Å². The molecule has 0 saturated heterocycles. The van der Waals surface area contributed by atoms with Gasteiger partial charge in [0.2, 0.25) is 15.9 Å². The van der Waals surface area contributed by atoms with Crippen molar-refractivity contribution in [3.05, 3.63) is 134 Å². The summed E-state index contributed by atoms with van der Waals surface area (Å²) in [7, 11) is -4.15. The molecule has 3 atom stereocenters. The van der Waals surface area contributed by atoms with Gasteiger partial charge in [0.25, 0.3) is 24.3 Å². The summed E-state index contributed by atoms with van der Waals surface area (Å²) >= 11 is 6.56. The summed E-state index contributed by atoms with van der Waals surface area (Å²) in [5.41, 5.74) is -3.85. The highest BCUT2D eigenvalue weighted by atomic mass is 35.5. The van der Waals surface area contributed by atoms with Gasteiger partial charge in [0, 0.05) is 29.5 Å². The molecule has 9 rings (SSSR count). The summed E-state index contributed by atoms with van der Waals surface area (Å²) in [6.45, 7) is -2.28. The van der Waals surface area contributed by atoms with E-state index in [0.717, 1.165) is 23.0 Å². The highest BCUT2D eigenvalue weighted by Gasteiger charge is 2.67. The number of rotatable bonds is 13. The molecule has 3 aromatic heterocycles. The number of hydrogen-bond acceptors (Lipinski definition) is 7. The fourth-order valence-electron chi connectivity index (χ4n) is 8.61. The van der Waals surface area contributed by atoms with Crippen LogP contribution >= 0.6 is 11.6 Å². The first-order chi connectivity index (χ1) is 30.7. The lowest BCUT2D eigenvalue weighted by Gasteiger charge is -2.24. The van der Waals surface area contributed by atoms with Gasteiger partial charge < -0.3 is 5.32 Å². The molecule has 23 heteroatoms. The number of anilines is 1. The van der Waals surface area contributed by atoms with Crippen LogP contribution < -0.4 is 15.6 Å². The predicted octanol–water partition coefficient (Wildman–Crippen LogP) is 8.55. The average Bonchev–Trinajstić information content (AvgIpc) is 3.74. The van der Waals surface area contributed by atoms with Crippen LogP contribution in [-0.4, -0.2) is 56.1 Å². The fraction of sp³-hybridized carbons (Fsp3) is 0.262. The van der Waals surface area contributed by atoms with E-state index in [4.69, 9.17) is 16.6 Å². The average molecular weight is 949 g/mol. The molecule has 65 heavy (non-hydrogen) atoms. The van der Waals surface area contributed by atoms with Crippen LogP contribution in [0.15, 0.2) is 77.6 Å². The number of carbonyl (C=O) groups is 1. The molecule has 0 aliphatic heterocycles. The van der Waals surface area contributed by atoms with Crippen molar-refractivity contribution < 1.29 is 52.7 Å². The van der Waals surface area contributed by atoms with Gasteiger partial charge in [-0.2, -0.15) is 19.0 Å². The van der Waals surface area contributed by atoms with Crippen LogP contribution in [0.2, 0.25) is 5.02 Å². The first kappa shape index (κ1) is 43.8. The Labute approximate surface area is 365 Å². The van der Waals surface area contributed by atoms with Gasteiger partial charge >= 0.3 is 0 Å². The normalized spacial score (nSPS) is 16.9. The van der Waals surface area contributed by atoms with Crippen molar-refractivity contribution in [1.82, 2.24) is 34.4 Å². The molecular formula is C42H30ClF9N8O4S. The van der Waals surface area contributed by atoms with Gasteiger partial charge in [-0.1, -0.05) is 35.9 Å². The zero-order valence-electron chi connectivity index (χ0n) is 33.1. The van der Waals surface area contributed by atoms with Crippen LogP contribution in [0.3, 0.4) is 0 Å². The molecule has 2 aliphatic carbocycles. The van der Waals surface area contributed by atoms with E-state index >= 15 is 18.0 Å². The van der Waals surface area contributed by atoms with Crippen molar-refractivity contribution in [2.75, 3.05) is 11.0 Å². The van der Waals surface area contributed by atoms with Crippen molar-refractivity contribution in [3.8, 4) is 16.8 Å². The van der Waals surface area contributed by atoms with Gasteiger partial charge in [0.05, 0.1) is 44.8 Å². The Kier molecular flexibility index (Phi) is 10.7. The Balaban J connectivity index is 1.29. The van der Waals surface area contributed by atoms with E-state index in [1.807, 2.05) is 0 Å². The number of sulfonamides is 1. The third kappa shape index (κ3) is 7.95. The second-order valence-corrected chi connectivity index (χ2v) is 17.8. The van der Waals surface area contributed by atoms with E-state index in [0.29, 0.717) is 15.4 Å². The molecule has 2 N–H and O–H groups in total. The van der Waals surface area contributed by atoms with Crippen LogP contribution in [0.25, 0.3) is 38.6 Å². The second-order valence-electron chi connectivity index (χ2n) is 15.7. The minimum atomic E-state index is -4.15. The van der Waals surface area contributed by atoms with Crippen LogP contribution in [0.5, 0.6) is 0 Å². The molecule has 1 amide bonds. The summed E-state index contributed by atoms with van der Waals surface area (Å²) in [5.74, 6) is -10.8. The molecule has 1 fully saturated rings. The zero-order valence-corrected chi connectivity index (χ0v) is 34.7. The van der Waals surface area contributed by atoms with E-state index in [1.54, 1.807) is 6.07 Å². The zero-order chi connectivity index (χ0) is 46.4. The summed E-state index contributed by atoms with van der Waals surface area (Å²) in [4.78, 5) is 33.9. The lowest BCUT2D eigenvalue weighted by Crippen LogP contribution is -2.38. The summed E-state index contributed by atoms with van der Waals surface area (Å²) in [6, 6.07) is 12.5. The number of carbonyl (C=O) groups excluding carboxylic acids is 1. The number of amides is 1. The molecule has 0 bridgehead atoms. The Bertz CT molecular complexity index is 3270. The number of benzene rings is 4. The third-order valence-electron chi connectivity index (χ3n) is 11.2. The maximum absolute atomic E-state index is 15.5. The smallest absolute Gasteiger partial charge is 0.293 e. The van der Waals surface area contributed by atoms with Crippen molar-refractivity contribution >= 4 is 55.2 Å². The maximum atomic E-state index is 15.5. The molecule has 4 aromatic carbocycles. The van der Waals surface area contributed by atoms with Crippen LogP contribution in [0.1, 0.15) is 53.1 Å². The number of nitrogens with one attached hydrogen (secondary N) is 2. The number of halogens is 10. The number of nitrogens with zero attached hydrogens (tertiary/aromatic N) is 6. The van der Waals surface area contributed by atoms with E-state index in [-0.39, 0.29) is 61.2 Å². The minimum Gasteiger partial charge on any atom is -0.344 e. The summed E-state index contributed by atoms with van der Waals surface area (Å²) in [5, 5.41) is 9.59. The van der Waals surface area contributed by atoms with Crippen LogP contribution in [0.4, 0.5) is 45.3 Å². The molecular weight excluding hydrogens is 919 g/mol. The third-order valence-corrected chi connectivity index (χ3v) is 12.1. The lowest BCUT2D eigenvalue weighted by molar-refractivity contribution is -0.123. The molecule has 7 aromatic rings. The molecule has 0 unspecified atom stereocenters. The van der Waals surface area contributed by atoms with Crippen LogP contribution in [0, 0.1) is 23.4 Å². The lowest BCUT2D eigenvalue weighted by atomic mass is 10.0. The van der Waals surface area contributed by atoms with Gasteiger partial charge in [-0.05, 0) is 65.9 Å². The molecule has 2 aliphatic rings. The molecule has 0 spiro atoms. The maximum Gasteiger partial charge on any atom is 0.293 e. The predicted molar refractivity (Wildman–Crippen MR) is 218 cm³/mol. The standard InChI is InChI=1S/C42H30ClF9N8O4S/c1-65(63,64)57-39-34-26(43)8-9-30(36(34)58(56-39)16-31(47)48)60-40(54-28-13-19(6-7-23(28)41(60)62)22-4-2-3-5-27(22)46)29(12-18-10-20(44)14-21(45)11-18)53-32(61)17-59-37-33(35(55-59)38(49)50)24-15-25(24)42(37,51)52/h2-11,13-14,24-25,29,31,38H,12,15-17H2,1H3,(H,53,61)(H,56,57)/t24-,25+,29-/m0/s1. The van der Waals surface area contributed by atoms with Gasteiger partial charge in [-0.15, -0.1) is 0 Å². The molecule has 0 radical (unpaired) electrons. The van der Waals surface area contributed by atoms with E-state index in [2.05, 4.69) is 20.2 Å². The SMILES string of the molecule is CS(=O)(=O)Nc1nn(CC(F)F)c2c(-n3c([C@H](Cc4cc(F)cc(F)c4)NC(=O)Cn4nc(C(F)F)c5c4C(F)(F)[C@@H]4C[C@H]54)nc4cc(-c5ccccc5F)ccc4c3=O)ccc(Cl)c12. The molecule has 338 valence electrons. The quantitative estimate of drug-likeness (QED) is 0.110. The monoisotopic (exact) mass is 948 g/mol. The van der Waals surface area contributed by atoms with Gasteiger partial charge in [-0.25, -0.2) is 44.1 Å². The minimum absolute atomic E-state index is 0.0618. The van der Waals surface area contributed by atoms with Crippen molar-refractivity contribution in [1.29, 1.82) is 0 Å². The highest BCUT2D eigenvalue weighted by molar-refractivity contribution is 7.92. The topological polar surface area (TPSA) is 146 Å². The summed E-state index contributed by atoms with van der Waals surface area (Å²) in [6.07, 6.45) is -6.33. The van der Waals surface area contributed by atoms with Gasteiger partial charge in [0.1, 0.15) is 47.8 Å². The first-order valence-corrected chi connectivity index (χ1v) is 21.7. The number of fused-ring (bicyclic) bond motifs is 5. The fourth-order valence-corrected chi connectivity index (χ4v) is 9.35. The Morgan fingerprint density at radius 1 is 0.954 bits per heavy atom. The molecule has 1 saturated carbocycles. The second kappa shape index (κ2) is 15.9. The molecule has 3 heterocycles. The van der Waals surface area contributed by atoms with E-state index in [9.17, 15) is 39.6 Å². The Morgan fingerprint density at radius 2 is 1.68 bits per heavy atom. The van der Waals surface area contributed by atoms with E-state index < -0.39 is 118 Å². The van der Waals surface area contributed by atoms with E-state index in [1.165, 1.54) is 48.5 Å². The number of aromatic nitrogens is 6. The van der Waals surface area contributed by atoms with Crippen molar-refractivity contribution in [3.63, 3.8) is 0 Å². The van der Waals surface area contributed by atoms with Crippen molar-refractivity contribution in [2.24, 2.45) is 5.92 Å². The van der Waals surface area contributed by atoms with Crippen molar-refractivity contribution in [2.45, 2.75) is 56.7 Å². The Morgan fingerprint density at radius 3 is 2.35 bits per heavy atom. The first-order valence-electron chi connectivity index (χ1n) is 19.5. The summed E-state index contributed by atoms with van der Waals surface area (Å²) < 4.78 is 161. The molecule has 12 nitrogen and oxygen atoms in total.